The van der Waals surface area contributed by atoms with Gasteiger partial charge >= 0.3 is 0 Å². The van der Waals surface area contributed by atoms with Gasteiger partial charge in [-0.25, -0.2) is 0 Å². The molecule has 0 fully saturated rings. The van der Waals surface area contributed by atoms with Crippen molar-refractivity contribution in [2.75, 3.05) is 18.6 Å². The molecule has 2 aromatic carbocycles. The summed E-state index contributed by atoms with van der Waals surface area (Å²) < 4.78 is 6.41. The van der Waals surface area contributed by atoms with Crippen molar-refractivity contribution < 1.29 is 4.74 Å². The fourth-order valence-corrected chi connectivity index (χ4v) is 3.12. The summed E-state index contributed by atoms with van der Waals surface area (Å²) in [4.78, 5) is 2.46. The molecule has 0 aromatic heterocycles. The van der Waals surface area contributed by atoms with Crippen LogP contribution in [-0.2, 0) is 6.54 Å². The molecule has 124 valence electrons. The van der Waals surface area contributed by atoms with Crippen LogP contribution in [0.5, 0.6) is 5.75 Å². The standard InChI is InChI=1S/C20H26BrNO/c1-3-4-5-6-14-22(16-17-8-7-9-18(21)15-17)19-10-12-20(23-2)13-11-19/h7-13,15H,3-6,14,16H2,1-2H3. The lowest BCUT2D eigenvalue weighted by atomic mass is 10.1. The molecule has 0 spiro atoms. The van der Waals surface area contributed by atoms with Gasteiger partial charge in [-0.05, 0) is 48.4 Å². The van der Waals surface area contributed by atoms with Gasteiger partial charge < -0.3 is 9.64 Å². The number of methoxy groups -OCH3 is 1. The van der Waals surface area contributed by atoms with Crippen LogP contribution in [0.3, 0.4) is 0 Å². The zero-order chi connectivity index (χ0) is 16.5. The van der Waals surface area contributed by atoms with E-state index >= 15 is 0 Å². The Hall–Kier alpha value is -1.48. The maximum absolute atomic E-state index is 5.27. The molecule has 0 saturated heterocycles. The average Bonchev–Trinajstić information content (AvgIpc) is 2.58. The summed E-state index contributed by atoms with van der Waals surface area (Å²) in [6, 6.07) is 16.9. The predicted molar refractivity (Wildman–Crippen MR) is 102 cm³/mol. The Morgan fingerprint density at radius 2 is 1.78 bits per heavy atom. The van der Waals surface area contributed by atoms with E-state index in [1.165, 1.54) is 36.9 Å². The molecule has 2 rings (SSSR count). The van der Waals surface area contributed by atoms with Gasteiger partial charge in [-0.2, -0.15) is 0 Å². The lowest BCUT2D eigenvalue weighted by Gasteiger charge is -2.25. The van der Waals surface area contributed by atoms with E-state index in [0.717, 1.165) is 23.3 Å². The second-order valence-electron chi connectivity index (χ2n) is 5.81. The Labute approximate surface area is 148 Å². The van der Waals surface area contributed by atoms with E-state index in [1.807, 2.05) is 12.1 Å². The molecule has 0 saturated carbocycles. The lowest BCUT2D eigenvalue weighted by Crippen LogP contribution is -2.23. The number of rotatable bonds is 9. The number of ether oxygens (including phenoxy) is 1. The van der Waals surface area contributed by atoms with Crippen LogP contribution >= 0.6 is 15.9 Å². The average molecular weight is 376 g/mol. The number of hydrogen-bond donors (Lipinski definition) is 0. The number of unbranched alkanes of at least 4 members (excludes halogenated alkanes) is 3. The molecule has 0 atom stereocenters. The predicted octanol–water partition coefficient (Wildman–Crippen LogP) is 6.04. The highest BCUT2D eigenvalue weighted by atomic mass is 79.9. The first kappa shape index (κ1) is 17.9. The Kier molecular flexibility index (Phi) is 7.47. The summed E-state index contributed by atoms with van der Waals surface area (Å²) in [5.74, 6) is 0.905. The molecule has 0 N–H and O–H groups in total. The molecule has 0 aliphatic heterocycles. The summed E-state index contributed by atoms with van der Waals surface area (Å²) in [5, 5.41) is 0. The van der Waals surface area contributed by atoms with Crippen molar-refractivity contribution in [1.29, 1.82) is 0 Å². The van der Waals surface area contributed by atoms with Crippen molar-refractivity contribution in [3.05, 3.63) is 58.6 Å². The third kappa shape index (κ3) is 5.91. The highest BCUT2D eigenvalue weighted by molar-refractivity contribution is 9.10. The van der Waals surface area contributed by atoms with Crippen molar-refractivity contribution in [1.82, 2.24) is 0 Å². The summed E-state index contributed by atoms with van der Waals surface area (Å²) in [5.41, 5.74) is 2.58. The number of anilines is 1. The summed E-state index contributed by atoms with van der Waals surface area (Å²) in [6.45, 7) is 4.26. The van der Waals surface area contributed by atoms with Crippen molar-refractivity contribution in [2.45, 2.75) is 39.2 Å². The van der Waals surface area contributed by atoms with Crippen LogP contribution in [0, 0.1) is 0 Å². The largest absolute Gasteiger partial charge is 0.497 e. The van der Waals surface area contributed by atoms with Gasteiger partial charge in [0, 0.05) is 23.2 Å². The van der Waals surface area contributed by atoms with Gasteiger partial charge in [0.15, 0.2) is 0 Å². The summed E-state index contributed by atoms with van der Waals surface area (Å²) in [7, 11) is 1.71. The fourth-order valence-electron chi connectivity index (χ4n) is 2.68. The fraction of sp³-hybridized carbons (Fsp3) is 0.400. The first-order chi connectivity index (χ1) is 11.2. The molecule has 0 amide bonds. The minimum Gasteiger partial charge on any atom is -0.497 e. The minimum absolute atomic E-state index is 0.905. The first-order valence-corrected chi connectivity index (χ1v) is 9.15. The topological polar surface area (TPSA) is 12.5 Å². The molecule has 23 heavy (non-hydrogen) atoms. The van der Waals surface area contributed by atoms with Crippen molar-refractivity contribution in [3.63, 3.8) is 0 Å². The third-order valence-electron chi connectivity index (χ3n) is 3.98. The van der Waals surface area contributed by atoms with E-state index in [1.54, 1.807) is 7.11 Å². The molecule has 0 aliphatic rings. The SMILES string of the molecule is CCCCCCN(Cc1cccc(Br)c1)c1ccc(OC)cc1. The van der Waals surface area contributed by atoms with Crippen LogP contribution in [0.1, 0.15) is 38.2 Å². The second kappa shape index (κ2) is 9.61. The van der Waals surface area contributed by atoms with Crippen molar-refractivity contribution >= 4 is 21.6 Å². The van der Waals surface area contributed by atoms with E-state index in [2.05, 4.69) is 64.2 Å². The van der Waals surface area contributed by atoms with E-state index < -0.39 is 0 Å². The molecule has 3 heteroatoms. The van der Waals surface area contributed by atoms with Crippen LogP contribution in [0.15, 0.2) is 53.0 Å². The maximum atomic E-state index is 5.27. The summed E-state index contributed by atoms with van der Waals surface area (Å²) >= 11 is 3.57. The zero-order valence-corrected chi connectivity index (χ0v) is 15.7. The highest BCUT2D eigenvalue weighted by Crippen LogP contribution is 2.23. The number of hydrogen-bond acceptors (Lipinski definition) is 2. The Morgan fingerprint density at radius 3 is 2.43 bits per heavy atom. The molecule has 2 nitrogen and oxygen atoms in total. The van der Waals surface area contributed by atoms with Crippen LogP contribution in [0.25, 0.3) is 0 Å². The Morgan fingerprint density at radius 1 is 1.00 bits per heavy atom. The number of benzene rings is 2. The monoisotopic (exact) mass is 375 g/mol. The third-order valence-corrected chi connectivity index (χ3v) is 4.47. The first-order valence-electron chi connectivity index (χ1n) is 8.36. The highest BCUT2D eigenvalue weighted by Gasteiger charge is 2.08. The van der Waals surface area contributed by atoms with Crippen LogP contribution in [0.4, 0.5) is 5.69 Å². The van der Waals surface area contributed by atoms with E-state index in [-0.39, 0.29) is 0 Å². The number of halogens is 1. The van der Waals surface area contributed by atoms with E-state index in [4.69, 9.17) is 4.74 Å². The normalized spacial score (nSPS) is 10.6. The van der Waals surface area contributed by atoms with Crippen molar-refractivity contribution in [3.8, 4) is 5.75 Å². The molecule has 0 unspecified atom stereocenters. The van der Waals surface area contributed by atoms with Crippen LogP contribution < -0.4 is 9.64 Å². The van der Waals surface area contributed by atoms with Gasteiger partial charge in [0.05, 0.1) is 7.11 Å². The molecule has 2 aromatic rings. The number of nitrogens with zero attached hydrogens (tertiary/aromatic N) is 1. The van der Waals surface area contributed by atoms with Crippen LogP contribution in [0.2, 0.25) is 0 Å². The molecule has 0 radical (unpaired) electrons. The van der Waals surface area contributed by atoms with Gasteiger partial charge in [0.25, 0.3) is 0 Å². The van der Waals surface area contributed by atoms with E-state index in [9.17, 15) is 0 Å². The molecular weight excluding hydrogens is 350 g/mol. The van der Waals surface area contributed by atoms with Gasteiger partial charge in [-0.15, -0.1) is 0 Å². The smallest absolute Gasteiger partial charge is 0.119 e. The van der Waals surface area contributed by atoms with Gasteiger partial charge in [-0.3, -0.25) is 0 Å². The Bertz CT molecular complexity index is 582. The zero-order valence-electron chi connectivity index (χ0n) is 14.1. The quantitative estimate of drug-likeness (QED) is 0.495. The molecular formula is C20H26BrNO. The molecule has 0 bridgehead atoms. The van der Waals surface area contributed by atoms with Gasteiger partial charge in [-0.1, -0.05) is 54.2 Å². The van der Waals surface area contributed by atoms with Gasteiger partial charge in [0.2, 0.25) is 0 Å². The van der Waals surface area contributed by atoms with E-state index in [0.29, 0.717) is 0 Å². The van der Waals surface area contributed by atoms with Crippen LogP contribution in [-0.4, -0.2) is 13.7 Å². The van der Waals surface area contributed by atoms with Gasteiger partial charge in [0.1, 0.15) is 5.75 Å². The molecule has 0 heterocycles. The maximum Gasteiger partial charge on any atom is 0.119 e. The second-order valence-corrected chi connectivity index (χ2v) is 6.73. The lowest BCUT2D eigenvalue weighted by molar-refractivity contribution is 0.415. The van der Waals surface area contributed by atoms with Crippen molar-refractivity contribution in [2.24, 2.45) is 0 Å². The summed E-state index contributed by atoms with van der Waals surface area (Å²) in [6.07, 6.45) is 5.11. The Balaban J connectivity index is 2.09. The molecule has 0 aliphatic carbocycles. The minimum atomic E-state index is 0.905.